The smallest absolute Gasteiger partial charge is 0.338 e. The summed E-state index contributed by atoms with van der Waals surface area (Å²) in [6, 6.07) is 5.43. The van der Waals surface area contributed by atoms with Gasteiger partial charge in [0.05, 0.1) is 17.1 Å². The average Bonchev–Trinajstić information content (AvgIpc) is 2.44. The van der Waals surface area contributed by atoms with Gasteiger partial charge >= 0.3 is 5.97 Å². The zero-order chi connectivity index (χ0) is 15.9. The minimum Gasteiger partial charge on any atom is -0.462 e. The van der Waals surface area contributed by atoms with E-state index in [1.165, 1.54) is 31.2 Å². The summed E-state index contributed by atoms with van der Waals surface area (Å²) in [7, 11) is -3.67. The molecule has 0 aliphatic carbocycles. The number of amides is 1. The summed E-state index contributed by atoms with van der Waals surface area (Å²) < 4.78 is 31.0. The van der Waals surface area contributed by atoms with Crippen LogP contribution in [-0.4, -0.2) is 40.0 Å². The van der Waals surface area contributed by atoms with Gasteiger partial charge in [0.1, 0.15) is 0 Å². The van der Waals surface area contributed by atoms with Crippen molar-refractivity contribution in [3.63, 3.8) is 0 Å². The molecule has 0 fully saturated rings. The van der Waals surface area contributed by atoms with Crippen LogP contribution in [0.25, 0.3) is 0 Å². The predicted molar refractivity (Wildman–Crippen MR) is 76.3 cm³/mol. The van der Waals surface area contributed by atoms with Crippen LogP contribution in [0.5, 0.6) is 0 Å². The fraction of sp³-hybridized carbons (Fsp3) is 0.385. The zero-order valence-corrected chi connectivity index (χ0v) is 12.7. The van der Waals surface area contributed by atoms with Gasteiger partial charge in [-0.25, -0.2) is 17.9 Å². The van der Waals surface area contributed by atoms with E-state index in [9.17, 15) is 18.0 Å². The number of rotatable bonds is 7. The average molecular weight is 314 g/mol. The molecular formula is C13H18N2O5S. The van der Waals surface area contributed by atoms with Crippen LogP contribution in [0.3, 0.4) is 0 Å². The summed E-state index contributed by atoms with van der Waals surface area (Å²) >= 11 is 0. The maximum atomic E-state index is 11.9. The predicted octanol–water partition coefficient (Wildman–Crippen LogP) is 0.278. The highest BCUT2D eigenvalue weighted by molar-refractivity contribution is 7.89. The molecule has 0 bridgehead atoms. The minimum absolute atomic E-state index is 0.0402. The van der Waals surface area contributed by atoms with Gasteiger partial charge in [0, 0.05) is 20.0 Å². The van der Waals surface area contributed by atoms with Crippen molar-refractivity contribution < 1.29 is 22.7 Å². The first-order valence-corrected chi connectivity index (χ1v) is 7.86. The van der Waals surface area contributed by atoms with Gasteiger partial charge in [0.25, 0.3) is 0 Å². The molecule has 0 spiro atoms. The third-order valence-electron chi connectivity index (χ3n) is 2.47. The molecule has 7 nitrogen and oxygen atoms in total. The second-order valence-electron chi connectivity index (χ2n) is 4.13. The molecular weight excluding hydrogens is 296 g/mol. The number of sulfonamides is 1. The monoisotopic (exact) mass is 314 g/mol. The highest BCUT2D eigenvalue weighted by Gasteiger charge is 2.14. The van der Waals surface area contributed by atoms with E-state index in [-0.39, 0.29) is 36.1 Å². The topological polar surface area (TPSA) is 102 Å². The second-order valence-corrected chi connectivity index (χ2v) is 5.89. The van der Waals surface area contributed by atoms with Gasteiger partial charge in [-0.1, -0.05) is 0 Å². The molecule has 8 heteroatoms. The Hall–Kier alpha value is -1.93. The van der Waals surface area contributed by atoms with Crippen molar-refractivity contribution in [3.8, 4) is 0 Å². The van der Waals surface area contributed by atoms with Gasteiger partial charge in [-0.15, -0.1) is 0 Å². The summed E-state index contributed by atoms with van der Waals surface area (Å²) in [6.45, 7) is 3.58. The third kappa shape index (κ3) is 5.52. The summed E-state index contributed by atoms with van der Waals surface area (Å²) in [4.78, 5) is 22.2. The zero-order valence-electron chi connectivity index (χ0n) is 11.9. The molecule has 0 aliphatic heterocycles. The normalized spacial score (nSPS) is 11.0. The van der Waals surface area contributed by atoms with Crippen molar-refractivity contribution in [2.45, 2.75) is 18.7 Å². The van der Waals surface area contributed by atoms with E-state index in [2.05, 4.69) is 10.0 Å². The number of nitrogens with one attached hydrogen (secondary N) is 2. The highest BCUT2D eigenvalue weighted by Crippen LogP contribution is 2.11. The van der Waals surface area contributed by atoms with E-state index in [1.807, 2.05) is 0 Å². The Kier molecular flexibility index (Phi) is 6.32. The molecule has 0 aliphatic rings. The molecule has 0 radical (unpaired) electrons. The lowest BCUT2D eigenvalue weighted by molar-refractivity contribution is -0.118. The lowest BCUT2D eigenvalue weighted by atomic mass is 10.2. The largest absolute Gasteiger partial charge is 0.462 e. The quantitative estimate of drug-likeness (QED) is 0.556. The van der Waals surface area contributed by atoms with Crippen LogP contribution in [0.2, 0.25) is 0 Å². The summed E-state index contributed by atoms with van der Waals surface area (Å²) in [5.74, 6) is -0.729. The second kappa shape index (κ2) is 7.75. The Labute approximate surface area is 123 Å². The molecule has 116 valence electrons. The van der Waals surface area contributed by atoms with Crippen LogP contribution in [-0.2, 0) is 19.6 Å². The van der Waals surface area contributed by atoms with Gasteiger partial charge in [0.15, 0.2) is 0 Å². The molecule has 0 unspecified atom stereocenters. The molecule has 2 N–H and O–H groups in total. The van der Waals surface area contributed by atoms with Crippen molar-refractivity contribution in [2.75, 3.05) is 19.7 Å². The standard InChI is InChI=1S/C13H18N2O5S/c1-3-20-13(17)11-4-6-12(7-5-11)21(18,19)15-9-8-14-10(2)16/h4-7,15H,3,8-9H2,1-2H3,(H,14,16). The first kappa shape index (κ1) is 17.1. The van der Waals surface area contributed by atoms with Crippen LogP contribution in [0.4, 0.5) is 0 Å². The van der Waals surface area contributed by atoms with E-state index in [4.69, 9.17) is 4.74 Å². The van der Waals surface area contributed by atoms with E-state index in [0.717, 1.165) is 0 Å². The van der Waals surface area contributed by atoms with E-state index >= 15 is 0 Å². The Balaban J connectivity index is 2.67. The summed E-state index contributed by atoms with van der Waals surface area (Å²) in [6.07, 6.45) is 0. The minimum atomic E-state index is -3.67. The lowest BCUT2D eigenvalue weighted by Gasteiger charge is -2.08. The maximum Gasteiger partial charge on any atom is 0.338 e. The number of ether oxygens (including phenoxy) is 1. The van der Waals surface area contributed by atoms with Gasteiger partial charge in [0.2, 0.25) is 15.9 Å². The van der Waals surface area contributed by atoms with E-state index < -0.39 is 16.0 Å². The molecule has 0 heterocycles. The van der Waals surface area contributed by atoms with Gasteiger partial charge in [-0.05, 0) is 31.2 Å². The number of carbonyl (C=O) groups excluding carboxylic acids is 2. The summed E-state index contributed by atoms with van der Waals surface area (Å²) in [5.41, 5.74) is 0.286. The first-order chi connectivity index (χ1) is 9.86. The van der Waals surface area contributed by atoms with Crippen molar-refractivity contribution in [2.24, 2.45) is 0 Å². The number of carbonyl (C=O) groups is 2. The van der Waals surface area contributed by atoms with Crippen LogP contribution in [0.15, 0.2) is 29.2 Å². The maximum absolute atomic E-state index is 11.9. The molecule has 0 aromatic heterocycles. The van der Waals surface area contributed by atoms with Crippen LogP contribution in [0, 0.1) is 0 Å². The molecule has 1 amide bonds. The third-order valence-corrected chi connectivity index (χ3v) is 3.94. The summed E-state index contributed by atoms with van der Waals surface area (Å²) in [5, 5.41) is 2.48. The Morgan fingerprint density at radius 2 is 1.76 bits per heavy atom. The number of benzene rings is 1. The molecule has 0 saturated heterocycles. The molecule has 0 saturated carbocycles. The van der Waals surface area contributed by atoms with Gasteiger partial charge < -0.3 is 10.1 Å². The fourth-order valence-electron chi connectivity index (χ4n) is 1.49. The van der Waals surface area contributed by atoms with Crippen molar-refractivity contribution in [3.05, 3.63) is 29.8 Å². The van der Waals surface area contributed by atoms with E-state index in [0.29, 0.717) is 0 Å². The number of hydrogen-bond acceptors (Lipinski definition) is 5. The molecule has 1 aromatic rings. The lowest BCUT2D eigenvalue weighted by Crippen LogP contribution is -2.33. The van der Waals surface area contributed by atoms with Gasteiger partial charge in [-0.2, -0.15) is 0 Å². The van der Waals surface area contributed by atoms with Crippen molar-refractivity contribution in [1.29, 1.82) is 0 Å². The van der Waals surface area contributed by atoms with Crippen molar-refractivity contribution >= 4 is 21.9 Å². The van der Waals surface area contributed by atoms with Crippen molar-refractivity contribution in [1.82, 2.24) is 10.0 Å². The Morgan fingerprint density at radius 3 is 2.29 bits per heavy atom. The van der Waals surface area contributed by atoms with Crippen LogP contribution >= 0.6 is 0 Å². The highest BCUT2D eigenvalue weighted by atomic mass is 32.2. The van der Waals surface area contributed by atoms with Crippen LogP contribution in [0.1, 0.15) is 24.2 Å². The SMILES string of the molecule is CCOC(=O)c1ccc(S(=O)(=O)NCCNC(C)=O)cc1. The molecule has 1 rings (SSSR count). The Morgan fingerprint density at radius 1 is 1.14 bits per heavy atom. The molecule has 0 atom stereocenters. The van der Waals surface area contributed by atoms with Crippen LogP contribution < -0.4 is 10.0 Å². The molecule has 1 aromatic carbocycles. The van der Waals surface area contributed by atoms with Gasteiger partial charge in [-0.3, -0.25) is 4.79 Å². The Bertz CT molecular complexity index is 595. The first-order valence-electron chi connectivity index (χ1n) is 6.38. The number of esters is 1. The number of hydrogen-bond donors (Lipinski definition) is 2. The molecule has 21 heavy (non-hydrogen) atoms. The van der Waals surface area contributed by atoms with E-state index in [1.54, 1.807) is 6.92 Å². The fourth-order valence-corrected chi connectivity index (χ4v) is 2.52.